The van der Waals surface area contributed by atoms with Crippen LogP contribution in [0, 0.1) is 0 Å². The molecule has 6 heteroatoms. The fourth-order valence-corrected chi connectivity index (χ4v) is 0.720. The SMILES string of the molecule is OC(Cc1cnc[nH]1)C(F)(F)F. The van der Waals surface area contributed by atoms with E-state index >= 15 is 0 Å². The second-order valence-corrected chi connectivity index (χ2v) is 2.34. The van der Waals surface area contributed by atoms with Gasteiger partial charge in [-0.05, 0) is 0 Å². The number of aliphatic hydroxyl groups excluding tert-OH is 1. The molecule has 1 atom stereocenters. The highest BCUT2D eigenvalue weighted by atomic mass is 19.4. The lowest BCUT2D eigenvalue weighted by molar-refractivity contribution is -0.203. The van der Waals surface area contributed by atoms with Gasteiger partial charge in [0.2, 0.25) is 0 Å². The van der Waals surface area contributed by atoms with Gasteiger partial charge in [0.15, 0.2) is 6.10 Å². The van der Waals surface area contributed by atoms with Gasteiger partial charge < -0.3 is 10.1 Å². The van der Waals surface area contributed by atoms with Crippen LogP contribution in [0.4, 0.5) is 13.2 Å². The monoisotopic (exact) mass is 180 g/mol. The second kappa shape index (κ2) is 3.14. The quantitative estimate of drug-likeness (QED) is 0.709. The third-order valence-electron chi connectivity index (χ3n) is 1.35. The molecule has 12 heavy (non-hydrogen) atoms. The summed E-state index contributed by atoms with van der Waals surface area (Å²) >= 11 is 0. The summed E-state index contributed by atoms with van der Waals surface area (Å²) in [5.41, 5.74) is 0.264. The summed E-state index contributed by atoms with van der Waals surface area (Å²) in [6, 6.07) is 0. The molecule has 0 fully saturated rings. The number of nitrogens with zero attached hydrogens (tertiary/aromatic N) is 1. The van der Waals surface area contributed by atoms with Gasteiger partial charge in [-0.2, -0.15) is 13.2 Å². The van der Waals surface area contributed by atoms with E-state index in [9.17, 15) is 13.2 Å². The van der Waals surface area contributed by atoms with E-state index in [1.165, 1.54) is 12.5 Å². The van der Waals surface area contributed by atoms with E-state index in [-0.39, 0.29) is 5.69 Å². The Bertz CT molecular complexity index is 231. The van der Waals surface area contributed by atoms with Gasteiger partial charge in [-0.15, -0.1) is 0 Å². The number of H-pyrrole nitrogens is 1. The molecule has 0 aromatic carbocycles. The number of alkyl halides is 3. The van der Waals surface area contributed by atoms with Crippen molar-refractivity contribution in [1.82, 2.24) is 9.97 Å². The number of hydrogen-bond acceptors (Lipinski definition) is 2. The molecule has 1 rings (SSSR count). The Morgan fingerprint density at radius 3 is 2.67 bits per heavy atom. The molecule has 0 radical (unpaired) electrons. The molecule has 0 spiro atoms. The van der Waals surface area contributed by atoms with Crippen LogP contribution in [0.25, 0.3) is 0 Å². The standard InChI is InChI=1S/C6H7F3N2O/c7-6(8,9)5(12)1-4-2-10-3-11-4/h2-3,5,12H,1H2,(H,10,11). The molecule has 0 saturated carbocycles. The molecule has 1 aromatic heterocycles. The highest BCUT2D eigenvalue weighted by Gasteiger charge is 2.38. The summed E-state index contributed by atoms with van der Waals surface area (Å²) in [5, 5.41) is 8.58. The smallest absolute Gasteiger partial charge is 0.383 e. The average Bonchev–Trinajstić information content (AvgIpc) is 2.37. The van der Waals surface area contributed by atoms with Gasteiger partial charge in [0.25, 0.3) is 0 Å². The fraction of sp³-hybridized carbons (Fsp3) is 0.500. The van der Waals surface area contributed by atoms with Crippen LogP contribution in [0.3, 0.4) is 0 Å². The fourth-order valence-electron chi connectivity index (χ4n) is 0.720. The van der Waals surface area contributed by atoms with Crippen LogP contribution in [0.5, 0.6) is 0 Å². The Morgan fingerprint density at radius 1 is 1.58 bits per heavy atom. The predicted octanol–water partition coefficient (Wildman–Crippen LogP) is 0.875. The molecular weight excluding hydrogens is 173 g/mol. The number of aliphatic hydroxyl groups is 1. The minimum absolute atomic E-state index is 0.264. The minimum atomic E-state index is -4.56. The zero-order valence-electron chi connectivity index (χ0n) is 5.97. The second-order valence-electron chi connectivity index (χ2n) is 2.34. The maximum atomic E-state index is 11.8. The number of aromatic nitrogens is 2. The molecule has 1 aromatic rings. The van der Waals surface area contributed by atoms with E-state index in [4.69, 9.17) is 5.11 Å². The lowest BCUT2D eigenvalue weighted by Gasteiger charge is -2.12. The number of rotatable bonds is 2. The Hall–Kier alpha value is -1.04. The van der Waals surface area contributed by atoms with Crippen molar-refractivity contribution in [1.29, 1.82) is 0 Å². The van der Waals surface area contributed by atoms with Gasteiger partial charge >= 0.3 is 6.18 Å². The van der Waals surface area contributed by atoms with Crippen molar-refractivity contribution in [2.24, 2.45) is 0 Å². The third kappa shape index (κ3) is 2.23. The first-order valence-corrected chi connectivity index (χ1v) is 3.22. The van der Waals surface area contributed by atoms with Gasteiger partial charge in [-0.25, -0.2) is 4.98 Å². The maximum Gasteiger partial charge on any atom is 0.414 e. The zero-order chi connectivity index (χ0) is 9.19. The molecular formula is C6H7F3N2O. The van der Waals surface area contributed by atoms with Crippen LogP contribution < -0.4 is 0 Å². The van der Waals surface area contributed by atoms with Crippen molar-refractivity contribution in [2.75, 3.05) is 0 Å². The largest absolute Gasteiger partial charge is 0.414 e. The summed E-state index contributed by atoms with van der Waals surface area (Å²) in [6.07, 6.45) is -4.86. The summed E-state index contributed by atoms with van der Waals surface area (Å²) < 4.78 is 35.3. The third-order valence-corrected chi connectivity index (χ3v) is 1.35. The number of aromatic amines is 1. The lowest BCUT2D eigenvalue weighted by Crippen LogP contribution is -2.30. The molecule has 0 bridgehead atoms. The van der Waals surface area contributed by atoms with Crippen LogP contribution in [0.2, 0.25) is 0 Å². The van der Waals surface area contributed by atoms with Crippen molar-refractivity contribution in [3.8, 4) is 0 Å². The van der Waals surface area contributed by atoms with Crippen LogP contribution in [-0.4, -0.2) is 27.4 Å². The maximum absolute atomic E-state index is 11.8. The minimum Gasteiger partial charge on any atom is -0.383 e. The number of imidazole rings is 1. The van der Waals surface area contributed by atoms with Gasteiger partial charge in [0.1, 0.15) is 0 Å². The molecule has 0 aliphatic heterocycles. The van der Waals surface area contributed by atoms with E-state index in [0.717, 1.165) is 0 Å². The van der Waals surface area contributed by atoms with E-state index in [1.807, 2.05) is 0 Å². The summed E-state index contributed by atoms with van der Waals surface area (Å²) in [7, 11) is 0. The first-order valence-electron chi connectivity index (χ1n) is 3.22. The molecule has 1 heterocycles. The van der Waals surface area contributed by atoms with Crippen molar-refractivity contribution in [2.45, 2.75) is 18.7 Å². The molecule has 0 amide bonds. The van der Waals surface area contributed by atoms with Crippen LogP contribution in [-0.2, 0) is 6.42 Å². The Labute approximate surface area is 66.2 Å². The van der Waals surface area contributed by atoms with E-state index in [0.29, 0.717) is 0 Å². The zero-order valence-corrected chi connectivity index (χ0v) is 5.97. The van der Waals surface area contributed by atoms with Crippen molar-refractivity contribution >= 4 is 0 Å². The van der Waals surface area contributed by atoms with Gasteiger partial charge in [0.05, 0.1) is 6.33 Å². The first kappa shape index (κ1) is 9.05. The van der Waals surface area contributed by atoms with E-state index < -0.39 is 18.7 Å². The lowest BCUT2D eigenvalue weighted by atomic mass is 10.2. The van der Waals surface area contributed by atoms with E-state index in [2.05, 4.69) is 9.97 Å². The molecule has 1 unspecified atom stereocenters. The first-order chi connectivity index (χ1) is 5.50. The number of halogens is 3. The molecule has 0 aliphatic carbocycles. The number of nitrogens with one attached hydrogen (secondary N) is 1. The summed E-state index contributed by atoms with van der Waals surface area (Å²) in [5.74, 6) is 0. The normalized spacial score (nSPS) is 14.7. The van der Waals surface area contributed by atoms with E-state index in [1.54, 1.807) is 0 Å². The van der Waals surface area contributed by atoms with Gasteiger partial charge in [0, 0.05) is 18.3 Å². The summed E-state index contributed by atoms with van der Waals surface area (Å²) in [4.78, 5) is 5.99. The highest BCUT2D eigenvalue weighted by molar-refractivity contribution is 4.97. The van der Waals surface area contributed by atoms with Gasteiger partial charge in [-0.1, -0.05) is 0 Å². The highest BCUT2D eigenvalue weighted by Crippen LogP contribution is 2.22. The average molecular weight is 180 g/mol. The van der Waals surface area contributed by atoms with Crippen LogP contribution in [0.1, 0.15) is 5.69 Å². The summed E-state index contributed by atoms with van der Waals surface area (Å²) in [6.45, 7) is 0. The van der Waals surface area contributed by atoms with Crippen LogP contribution >= 0.6 is 0 Å². The molecule has 0 aliphatic rings. The molecule has 68 valence electrons. The molecule has 0 saturated heterocycles. The molecule has 2 N–H and O–H groups in total. The number of hydrogen-bond donors (Lipinski definition) is 2. The predicted molar refractivity (Wildman–Crippen MR) is 34.4 cm³/mol. The Balaban J connectivity index is 2.53. The van der Waals surface area contributed by atoms with Gasteiger partial charge in [-0.3, -0.25) is 0 Å². The Kier molecular flexibility index (Phi) is 2.37. The van der Waals surface area contributed by atoms with Crippen molar-refractivity contribution < 1.29 is 18.3 Å². The van der Waals surface area contributed by atoms with Crippen molar-refractivity contribution in [3.63, 3.8) is 0 Å². The van der Waals surface area contributed by atoms with Crippen molar-refractivity contribution in [3.05, 3.63) is 18.2 Å². The van der Waals surface area contributed by atoms with Crippen LogP contribution in [0.15, 0.2) is 12.5 Å². The Morgan fingerprint density at radius 2 is 2.25 bits per heavy atom. The topological polar surface area (TPSA) is 48.9 Å². The molecule has 3 nitrogen and oxygen atoms in total.